The molecule has 1 aromatic heterocycles. The topological polar surface area (TPSA) is 29.9 Å². The number of nitrogens with zero attached hydrogens (tertiary/aromatic N) is 2. The lowest BCUT2D eigenvalue weighted by atomic mass is 10.1. The van der Waals surface area contributed by atoms with Gasteiger partial charge in [0, 0.05) is 25.2 Å². The third-order valence-electron chi connectivity index (χ3n) is 2.73. The first-order valence-corrected chi connectivity index (χ1v) is 5.61. The number of aromatic nitrogens is 2. The molecular weight excluding hydrogens is 231 g/mol. The minimum Gasteiger partial charge on any atom is -0.316 e. The molecule has 1 rings (SSSR count). The molecule has 1 unspecified atom stereocenters. The van der Waals surface area contributed by atoms with E-state index in [9.17, 15) is 13.2 Å². The van der Waals surface area contributed by atoms with Gasteiger partial charge in [-0.3, -0.25) is 4.68 Å². The van der Waals surface area contributed by atoms with E-state index in [4.69, 9.17) is 0 Å². The van der Waals surface area contributed by atoms with Crippen LogP contribution >= 0.6 is 0 Å². The number of aryl methyl sites for hydroxylation is 2. The number of alkyl halides is 3. The highest BCUT2D eigenvalue weighted by Gasteiger charge is 2.31. The van der Waals surface area contributed by atoms with Crippen LogP contribution in [0.1, 0.15) is 24.7 Å². The van der Waals surface area contributed by atoms with E-state index in [-0.39, 0.29) is 0 Å². The minimum absolute atomic E-state index is 0.333. The highest BCUT2D eigenvalue weighted by molar-refractivity contribution is 5.11. The van der Waals surface area contributed by atoms with E-state index in [1.807, 2.05) is 13.0 Å². The molecule has 1 aromatic rings. The second-order valence-electron chi connectivity index (χ2n) is 4.11. The summed E-state index contributed by atoms with van der Waals surface area (Å²) in [6.07, 6.45) is -3.84. The van der Waals surface area contributed by atoms with Crippen LogP contribution in [0.15, 0.2) is 6.07 Å². The van der Waals surface area contributed by atoms with Crippen molar-refractivity contribution in [3.8, 4) is 0 Å². The molecule has 17 heavy (non-hydrogen) atoms. The molecule has 0 fully saturated rings. The predicted molar refractivity (Wildman–Crippen MR) is 59.8 cm³/mol. The summed E-state index contributed by atoms with van der Waals surface area (Å²) in [7, 11) is 3.31. The molecule has 1 atom stereocenters. The van der Waals surface area contributed by atoms with Gasteiger partial charge in [-0.1, -0.05) is 6.92 Å². The molecule has 0 saturated carbocycles. The van der Waals surface area contributed by atoms with Crippen LogP contribution < -0.4 is 5.32 Å². The minimum atomic E-state index is -4.14. The van der Waals surface area contributed by atoms with E-state index in [2.05, 4.69) is 10.4 Å². The summed E-state index contributed by atoms with van der Waals surface area (Å²) in [6.45, 7) is 1.97. The van der Waals surface area contributed by atoms with E-state index in [1.54, 1.807) is 18.8 Å². The van der Waals surface area contributed by atoms with Crippen molar-refractivity contribution in [2.75, 3.05) is 7.05 Å². The number of rotatable bonds is 5. The summed E-state index contributed by atoms with van der Waals surface area (Å²) in [5.74, 6) is 0. The highest BCUT2D eigenvalue weighted by atomic mass is 19.4. The Morgan fingerprint density at radius 3 is 2.53 bits per heavy atom. The third-order valence-corrected chi connectivity index (χ3v) is 2.73. The Bertz CT molecular complexity index is 357. The fourth-order valence-electron chi connectivity index (χ4n) is 1.74. The molecule has 0 aliphatic carbocycles. The molecule has 0 bridgehead atoms. The van der Waals surface area contributed by atoms with Crippen LogP contribution in [0.2, 0.25) is 0 Å². The first-order chi connectivity index (χ1) is 7.85. The quantitative estimate of drug-likeness (QED) is 0.865. The summed E-state index contributed by atoms with van der Waals surface area (Å²) in [5.41, 5.74) is 1.73. The van der Waals surface area contributed by atoms with E-state index in [0.717, 1.165) is 17.8 Å². The zero-order valence-corrected chi connectivity index (χ0v) is 10.3. The van der Waals surface area contributed by atoms with E-state index < -0.39 is 18.6 Å². The number of likely N-dealkylation sites (N-methyl/N-ethyl adjacent to an activating group) is 1. The normalized spacial score (nSPS) is 14.0. The molecule has 0 saturated heterocycles. The summed E-state index contributed by atoms with van der Waals surface area (Å²) in [6, 6.07) is 1.26. The molecule has 0 spiro atoms. The van der Waals surface area contributed by atoms with Crippen LogP contribution in [0.25, 0.3) is 0 Å². The smallest absolute Gasteiger partial charge is 0.316 e. The van der Waals surface area contributed by atoms with Crippen molar-refractivity contribution in [1.29, 1.82) is 0 Å². The third kappa shape index (κ3) is 4.38. The van der Waals surface area contributed by atoms with Crippen molar-refractivity contribution >= 4 is 0 Å². The molecule has 98 valence electrons. The molecule has 0 aromatic carbocycles. The number of hydrogen-bond donors (Lipinski definition) is 1. The average molecular weight is 249 g/mol. The van der Waals surface area contributed by atoms with Crippen molar-refractivity contribution in [1.82, 2.24) is 15.1 Å². The first-order valence-electron chi connectivity index (χ1n) is 5.61. The van der Waals surface area contributed by atoms with E-state index in [0.29, 0.717) is 6.42 Å². The summed E-state index contributed by atoms with van der Waals surface area (Å²) < 4.78 is 38.6. The maximum atomic E-state index is 12.3. The summed E-state index contributed by atoms with van der Waals surface area (Å²) in [5, 5.41) is 6.92. The van der Waals surface area contributed by atoms with E-state index in [1.165, 1.54) is 0 Å². The zero-order valence-electron chi connectivity index (χ0n) is 10.3. The Kier molecular flexibility index (Phi) is 4.56. The van der Waals surface area contributed by atoms with Gasteiger partial charge in [0.1, 0.15) is 0 Å². The lowest BCUT2D eigenvalue weighted by Crippen LogP contribution is -2.33. The van der Waals surface area contributed by atoms with Crippen molar-refractivity contribution in [2.45, 2.75) is 38.4 Å². The fraction of sp³-hybridized carbons (Fsp3) is 0.727. The predicted octanol–water partition coefficient (Wildman–Crippen LogP) is 2.07. The monoisotopic (exact) mass is 249 g/mol. The summed E-state index contributed by atoms with van der Waals surface area (Å²) >= 11 is 0. The second kappa shape index (κ2) is 5.53. The van der Waals surface area contributed by atoms with Crippen molar-refractivity contribution in [2.24, 2.45) is 7.05 Å². The Balaban J connectivity index is 2.70. The van der Waals surface area contributed by atoms with Crippen LogP contribution in [0.5, 0.6) is 0 Å². The average Bonchev–Trinajstić information content (AvgIpc) is 2.56. The largest absolute Gasteiger partial charge is 0.390 e. The number of nitrogens with one attached hydrogen (secondary N) is 1. The van der Waals surface area contributed by atoms with Gasteiger partial charge in [0.05, 0.1) is 12.1 Å². The van der Waals surface area contributed by atoms with Crippen LogP contribution in [-0.4, -0.2) is 29.0 Å². The van der Waals surface area contributed by atoms with Gasteiger partial charge in [-0.05, 0) is 19.5 Å². The number of hydrogen-bond acceptors (Lipinski definition) is 2. The van der Waals surface area contributed by atoms with Gasteiger partial charge in [0.15, 0.2) is 0 Å². The molecule has 1 heterocycles. The molecule has 6 heteroatoms. The number of halogens is 3. The SMILES string of the molecule is CCc1cc(CC(CC(F)(F)F)NC)n(C)n1. The molecule has 1 N–H and O–H groups in total. The van der Waals surface area contributed by atoms with Gasteiger partial charge in [0.25, 0.3) is 0 Å². The van der Waals surface area contributed by atoms with Gasteiger partial charge in [-0.15, -0.1) is 0 Å². The molecule has 0 aliphatic heterocycles. The molecule has 0 aliphatic rings. The van der Waals surface area contributed by atoms with Gasteiger partial charge < -0.3 is 5.32 Å². The van der Waals surface area contributed by atoms with Crippen LogP contribution in [0.3, 0.4) is 0 Å². The van der Waals surface area contributed by atoms with Crippen molar-refractivity contribution in [3.05, 3.63) is 17.5 Å². The molecular formula is C11H18F3N3. The van der Waals surface area contributed by atoms with Gasteiger partial charge in [0.2, 0.25) is 0 Å². The lowest BCUT2D eigenvalue weighted by Gasteiger charge is -2.17. The maximum Gasteiger partial charge on any atom is 0.390 e. The Labute approximate surface area is 99.0 Å². The fourth-order valence-corrected chi connectivity index (χ4v) is 1.74. The molecule has 3 nitrogen and oxygen atoms in total. The highest BCUT2D eigenvalue weighted by Crippen LogP contribution is 2.23. The summed E-state index contributed by atoms with van der Waals surface area (Å²) in [4.78, 5) is 0. The molecule has 0 amide bonds. The van der Waals surface area contributed by atoms with Crippen LogP contribution in [-0.2, 0) is 19.9 Å². The lowest BCUT2D eigenvalue weighted by molar-refractivity contribution is -0.139. The Hall–Kier alpha value is -1.04. The second-order valence-corrected chi connectivity index (χ2v) is 4.11. The zero-order chi connectivity index (χ0) is 13.1. The van der Waals surface area contributed by atoms with Crippen LogP contribution in [0.4, 0.5) is 13.2 Å². The van der Waals surface area contributed by atoms with Gasteiger partial charge in [-0.25, -0.2) is 0 Å². The van der Waals surface area contributed by atoms with E-state index >= 15 is 0 Å². The van der Waals surface area contributed by atoms with Crippen molar-refractivity contribution in [3.63, 3.8) is 0 Å². The standard InChI is InChI=1S/C11H18F3N3/c1-4-8-5-10(17(3)16-8)6-9(15-2)7-11(12,13)14/h5,9,15H,4,6-7H2,1-3H3. The first kappa shape index (κ1) is 14.0. The van der Waals surface area contributed by atoms with Gasteiger partial charge in [-0.2, -0.15) is 18.3 Å². The van der Waals surface area contributed by atoms with Crippen molar-refractivity contribution < 1.29 is 13.2 Å². The molecule has 0 radical (unpaired) electrons. The van der Waals surface area contributed by atoms with Crippen LogP contribution in [0, 0.1) is 0 Å². The Morgan fingerprint density at radius 2 is 2.12 bits per heavy atom. The Morgan fingerprint density at radius 1 is 1.47 bits per heavy atom. The maximum absolute atomic E-state index is 12.3. The van der Waals surface area contributed by atoms with Gasteiger partial charge >= 0.3 is 6.18 Å².